The number of ether oxygens (including phenoxy) is 1. The van der Waals surface area contributed by atoms with Gasteiger partial charge >= 0.3 is 5.97 Å². The number of nitrogens with one attached hydrogen (secondary N) is 1. The molecular weight excluding hydrogens is 553 g/mol. The molecule has 0 bridgehead atoms. The average Bonchev–Trinajstić information content (AvgIpc) is 2.84. The van der Waals surface area contributed by atoms with Gasteiger partial charge in [0.1, 0.15) is 11.4 Å². The van der Waals surface area contributed by atoms with Crippen molar-refractivity contribution in [2.75, 3.05) is 0 Å². The van der Waals surface area contributed by atoms with Crippen molar-refractivity contribution in [3.8, 4) is 17.1 Å². The third kappa shape index (κ3) is 5.13. The molecule has 4 rings (SSSR count). The maximum Gasteiger partial charge on any atom is 0.372 e. The first-order valence-corrected chi connectivity index (χ1v) is 12.1. The van der Waals surface area contributed by atoms with Crippen LogP contribution in [-0.4, -0.2) is 25.3 Å². The van der Waals surface area contributed by atoms with Crippen LogP contribution in [0, 0.1) is 41.9 Å². The van der Waals surface area contributed by atoms with E-state index in [0.29, 0.717) is 22.6 Å². The highest BCUT2D eigenvalue weighted by atomic mass is 35.5. The number of aliphatic hydroxyl groups is 3. The summed E-state index contributed by atoms with van der Waals surface area (Å²) in [5.74, 6) is -6.99. The van der Waals surface area contributed by atoms with Gasteiger partial charge in [0.15, 0.2) is 33.7 Å². The molecule has 40 heavy (non-hydrogen) atoms. The second kappa shape index (κ2) is 10.2. The van der Waals surface area contributed by atoms with Gasteiger partial charge in [-0.3, -0.25) is 0 Å². The van der Waals surface area contributed by atoms with Crippen LogP contribution in [0.25, 0.3) is 18.0 Å². The number of aryl methyl sites for hydroxylation is 2. The van der Waals surface area contributed by atoms with Crippen LogP contribution in [-0.2, 0) is 11.6 Å². The molecule has 4 N–H and O–H groups in total. The Kier molecular flexibility index (Phi) is 7.41. The maximum absolute atomic E-state index is 16.1. The van der Waals surface area contributed by atoms with Crippen molar-refractivity contribution in [3.63, 3.8) is 0 Å². The van der Waals surface area contributed by atoms with Gasteiger partial charge in [-0.05, 0) is 33.4 Å². The molecule has 0 radical (unpaired) electrons. The van der Waals surface area contributed by atoms with Crippen LogP contribution in [0.5, 0.6) is 5.75 Å². The van der Waals surface area contributed by atoms with E-state index in [-0.39, 0.29) is 44.3 Å². The summed E-state index contributed by atoms with van der Waals surface area (Å²) in [5, 5.41) is 43.7. The van der Waals surface area contributed by atoms with E-state index >= 15 is 4.39 Å². The number of halogens is 4. The zero-order valence-corrected chi connectivity index (χ0v) is 22.5. The molecule has 4 heterocycles. The number of hydrogen-bond acceptors (Lipinski definition) is 6. The monoisotopic (exact) mass is 577 g/mol. The lowest BCUT2D eigenvalue weighted by atomic mass is 10.0. The number of hydrogen-bond donors (Lipinski definition) is 4. The standard InChI is InChI=1S/C27H24ClF3N4O5/c1-13-11-32-23(18-7-6-8-20(35(18)39)26(4,5)36)22(31)24(13)34-14(2)9-19(21(28)15(34)3)40-27(37,38)25-17(30)10-16(29)12-33-25/h6-12,36-38H,3H2,1-2,4-5H3/p+1. The van der Waals surface area contributed by atoms with E-state index < -0.39 is 34.7 Å². The van der Waals surface area contributed by atoms with Crippen LogP contribution in [0.15, 0.2) is 42.7 Å². The van der Waals surface area contributed by atoms with Crippen LogP contribution >= 0.6 is 11.6 Å². The molecule has 0 saturated heterocycles. The first-order valence-electron chi connectivity index (χ1n) is 11.7. The van der Waals surface area contributed by atoms with Crippen LogP contribution in [0.1, 0.15) is 36.5 Å². The molecule has 0 atom stereocenters. The van der Waals surface area contributed by atoms with E-state index in [4.69, 9.17) is 16.3 Å². The zero-order valence-electron chi connectivity index (χ0n) is 21.8. The predicted octanol–water partition coefficient (Wildman–Crippen LogP) is 2.58. The lowest BCUT2D eigenvalue weighted by Crippen LogP contribution is -2.43. The molecule has 0 fully saturated rings. The van der Waals surface area contributed by atoms with Crippen LogP contribution in [0.3, 0.4) is 0 Å². The van der Waals surface area contributed by atoms with Gasteiger partial charge in [0.05, 0.1) is 6.20 Å². The van der Waals surface area contributed by atoms with Gasteiger partial charge in [-0.1, -0.05) is 11.6 Å². The molecular formula is C27H25ClF3N4O5+. The van der Waals surface area contributed by atoms with Crippen molar-refractivity contribution in [1.29, 1.82) is 0 Å². The van der Waals surface area contributed by atoms with Gasteiger partial charge in [0.25, 0.3) is 5.36 Å². The first kappa shape index (κ1) is 29.0. The lowest BCUT2D eigenvalue weighted by Gasteiger charge is -2.22. The molecule has 4 aromatic rings. The fourth-order valence-corrected chi connectivity index (χ4v) is 4.39. The Morgan fingerprint density at radius 3 is 2.42 bits per heavy atom. The summed E-state index contributed by atoms with van der Waals surface area (Å²) in [4.78, 5) is 6.11. The van der Waals surface area contributed by atoms with Gasteiger partial charge < -0.3 is 30.2 Å². The second-order valence-electron chi connectivity index (χ2n) is 9.60. The fourth-order valence-electron chi connectivity index (χ4n) is 4.21. The molecule has 0 unspecified atom stereocenters. The molecule has 0 saturated carbocycles. The minimum Gasteiger partial charge on any atom is -0.618 e. The fraction of sp³-hybridized carbons (Fsp3) is 0.222. The summed E-state index contributed by atoms with van der Waals surface area (Å²) >= 11 is 6.42. The summed E-state index contributed by atoms with van der Waals surface area (Å²) in [6.45, 7) is 9.83. The molecule has 0 aliphatic heterocycles. The SMILES string of the molecule is C=c1c(Cl)c(OC(O)(O)c2ncc(F)cc2F)cc(C)[n+]1=c1c(C)c[nH]c(-c2cccc(C(C)(C)O)[n+]2[O-])c1F. The van der Waals surface area contributed by atoms with Gasteiger partial charge in [-0.25, -0.2) is 13.8 Å². The Morgan fingerprint density at radius 2 is 1.80 bits per heavy atom. The third-order valence-electron chi connectivity index (χ3n) is 6.09. The average molecular weight is 578 g/mol. The van der Waals surface area contributed by atoms with Crippen molar-refractivity contribution in [2.24, 2.45) is 0 Å². The van der Waals surface area contributed by atoms with Crippen molar-refractivity contribution in [1.82, 2.24) is 9.97 Å². The summed E-state index contributed by atoms with van der Waals surface area (Å²) in [5.41, 5.74) is -2.19. The Morgan fingerprint density at radius 1 is 1.12 bits per heavy atom. The highest BCUT2D eigenvalue weighted by Gasteiger charge is 2.36. The van der Waals surface area contributed by atoms with Crippen LogP contribution in [0.4, 0.5) is 13.2 Å². The number of H-pyrrole nitrogens is 1. The minimum atomic E-state index is -3.35. The van der Waals surface area contributed by atoms with E-state index in [9.17, 15) is 29.3 Å². The number of aromatic nitrogens is 4. The number of pyridine rings is 4. The van der Waals surface area contributed by atoms with Crippen molar-refractivity contribution in [2.45, 2.75) is 39.3 Å². The van der Waals surface area contributed by atoms with E-state index in [2.05, 4.69) is 16.5 Å². The summed E-state index contributed by atoms with van der Waals surface area (Å²) in [6.07, 6.45) is 2.03. The molecule has 13 heteroatoms. The Labute approximate surface area is 230 Å². The van der Waals surface area contributed by atoms with Crippen molar-refractivity contribution >= 4 is 18.2 Å². The number of nitrogens with zero attached hydrogens (tertiary/aromatic N) is 3. The zero-order chi connectivity index (χ0) is 29.7. The quantitative estimate of drug-likeness (QED) is 0.164. The highest BCUT2D eigenvalue weighted by Crippen LogP contribution is 2.29. The number of aromatic amines is 1. The third-order valence-corrected chi connectivity index (χ3v) is 6.49. The van der Waals surface area contributed by atoms with Gasteiger partial charge in [0.2, 0.25) is 22.6 Å². The highest BCUT2D eigenvalue weighted by molar-refractivity contribution is 6.31. The van der Waals surface area contributed by atoms with Crippen LogP contribution in [0.2, 0.25) is 5.02 Å². The van der Waals surface area contributed by atoms with Crippen molar-refractivity contribution in [3.05, 3.63) is 104 Å². The summed E-state index contributed by atoms with van der Waals surface area (Å²) < 4.78 is 50.4. The maximum atomic E-state index is 16.1. The van der Waals surface area contributed by atoms with E-state index in [1.54, 1.807) is 6.92 Å². The summed E-state index contributed by atoms with van der Waals surface area (Å²) in [6, 6.07) is 5.92. The second-order valence-corrected chi connectivity index (χ2v) is 9.98. The predicted molar refractivity (Wildman–Crippen MR) is 136 cm³/mol. The Bertz CT molecular complexity index is 1810. The van der Waals surface area contributed by atoms with E-state index in [0.717, 1.165) is 0 Å². The lowest BCUT2D eigenvalue weighted by molar-refractivity contribution is -0.611. The first-order chi connectivity index (χ1) is 18.5. The normalized spacial score (nSPS) is 13.0. The van der Waals surface area contributed by atoms with Gasteiger partial charge in [0, 0.05) is 42.9 Å². The Hall–Kier alpha value is -3.97. The molecule has 9 nitrogen and oxygen atoms in total. The van der Waals surface area contributed by atoms with Crippen molar-refractivity contribution < 1.29 is 42.2 Å². The smallest absolute Gasteiger partial charge is 0.372 e. The van der Waals surface area contributed by atoms with Crippen LogP contribution < -0.4 is 19.1 Å². The largest absolute Gasteiger partial charge is 0.618 e. The topological polar surface area (TPSA) is 131 Å². The molecule has 4 aromatic heterocycles. The summed E-state index contributed by atoms with van der Waals surface area (Å²) in [7, 11) is 0. The van der Waals surface area contributed by atoms with Gasteiger partial charge in [-0.2, -0.15) is 13.4 Å². The molecule has 0 aliphatic rings. The molecule has 0 spiro atoms. The molecule has 0 aliphatic carbocycles. The molecule has 210 valence electrons. The van der Waals surface area contributed by atoms with E-state index in [1.807, 2.05) is 0 Å². The van der Waals surface area contributed by atoms with Gasteiger partial charge in [-0.15, -0.1) is 0 Å². The minimum absolute atomic E-state index is 0.00489. The van der Waals surface area contributed by atoms with E-state index in [1.165, 1.54) is 55.5 Å². The number of rotatable bonds is 5. The molecule has 0 amide bonds. The molecule has 0 aromatic carbocycles. The Balaban J connectivity index is 1.95.